The van der Waals surface area contributed by atoms with Gasteiger partial charge in [-0.1, -0.05) is 12.1 Å². The number of hydrogen-bond donors (Lipinski definition) is 0. The number of pyridine rings is 1. The number of aromatic nitrogens is 1. The molecule has 1 aromatic carbocycles. The molecule has 1 radical (unpaired) electrons. The van der Waals surface area contributed by atoms with Crippen LogP contribution in [-0.4, -0.2) is 4.98 Å². The van der Waals surface area contributed by atoms with Crippen LogP contribution in [0.15, 0.2) is 30.3 Å². The lowest BCUT2D eigenvalue weighted by Crippen LogP contribution is -1.82. The molecule has 0 atom stereocenters. The highest BCUT2D eigenvalue weighted by Gasteiger charge is 2.01. The molecule has 12 heavy (non-hydrogen) atoms. The van der Waals surface area contributed by atoms with Crippen LogP contribution in [0.4, 0.5) is 0 Å². The van der Waals surface area contributed by atoms with Gasteiger partial charge in [0, 0.05) is 17.1 Å². The van der Waals surface area contributed by atoms with Gasteiger partial charge in [-0.15, -0.1) is 0 Å². The Morgan fingerprint density at radius 1 is 1.25 bits per heavy atom. The molecule has 59 valence electrons. The minimum Gasteiger partial charge on any atom is -0.289 e. The second-order valence-corrected chi connectivity index (χ2v) is 2.78. The van der Waals surface area contributed by atoms with Crippen molar-refractivity contribution < 1.29 is 5.11 Å². The molecule has 0 amide bonds. The Labute approximate surface area is 70.5 Å². The molecular formula is C10H8NO. The number of aryl methyl sites for hydroxylation is 1. The third-order valence-electron chi connectivity index (χ3n) is 1.81. The van der Waals surface area contributed by atoms with Crippen LogP contribution in [0.5, 0.6) is 5.75 Å². The Balaban J connectivity index is 2.89. The maximum Gasteiger partial charge on any atom is 0.189 e. The summed E-state index contributed by atoms with van der Waals surface area (Å²) in [4.78, 5) is 4.24. The summed E-state index contributed by atoms with van der Waals surface area (Å²) >= 11 is 0. The molecule has 0 fully saturated rings. The van der Waals surface area contributed by atoms with E-state index in [1.54, 1.807) is 12.1 Å². The van der Waals surface area contributed by atoms with Crippen molar-refractivity contribution in [1.29, 1.82) is 0 Å². The summed E-state index contributed by atoms with van der Waals surface area (Å²) in [7, 11) is 0. The molecule has 2 aromatic rings. The monoisotopic (exact) mass is 158 g/mol. The van der Waals surface area contributed by atoms with Crippen LogP contribution in [0, 0.1) is 6.92 Å². The van der Waals surface area contributed by atoms with E-state index in [1.165, 1.54) is 0 Å². The van der Waals surface area contributed by atoms with Gasteiger partial charge in [-0.2, -0.15) is 0 Å². The molecule has 0 aliphatic rings. The van der Waals surface area contributed by atoms with E-state index >= 15 is 0 Å². The quantitative estimate of drug-likeness (QED) is 0.580. The van der Waals surface area contributed by atoms with Gasteiger partial charge in [0.1, 0.15) is 0 Å². The fourth-order valence-electron chi connectivity index (χ4n) is 1.27. The summed E-state index contributed by atoms with van der Waals surface area (Å²) in [6, 6.07) is 8.94. The molecule has 2 rings (SSSR count). The summed E-state index contributed by atoms with van der Waals surface area (Å²) < 4.78 is 0. The average molecular weight is 158 g/mol. The van der Waals surface area contributed by atoms with Crippen molar-refractivity contribution in [2.75, 3.05) is 0 Å². The second kappa shape index (κ2) is 2.48. The molecular weight excluding hydrogens is 150 g/mol. The number of hydrogen-bond acceptors (Lipinski definition) is 1. The molecule has 0 N–H and O–H groups in total. The van der Waals surface area contributed by atoms with Crippen molar-refractivity contribution in [3.8, 4) is 5.75 Å². The Morgan fingerprint density at radius 3 is 2.83 bits per heavy atom. The van der Waals surface area contributed by atoms with Crippen molar-refractivity contribution in [2.24, 2.45) is 0 Å². The largest absolute Gasteiger partial charge is 0.289 e. The topological polar surface area (TPSA) is 32.8 Å². The Kier molecular flexibility index (Phi) is 1.47. The predicted octanol–water partition coefficient (Wildman–Crippen LogP) is 2.69. The van der Waals surface area contributed by atoms with E-state index in [-0.39, 0.29) is 5.75 Å². The SMILES string of the molecule is Cc1cc([O])c2ccccc2n1. The first kappa shape index (κ1) is 7.10. The molecule has 0 aliphatic carbocycles. The third kappa shape index (κ3) is 1.01. The summed E-state index contributed by atoms with van der Waals surface area (Å²) in [5.74, 6) is 0.0538. The Hall–Kier alpha value is -1.57. The highest BCUT2D eigenvalue weighted by atomic mass is 16.3. The fourth-order valence-corrected chi connectivity index (χ4v) is 1.27. The van der Waals surface area contributed by atoms with Gasteiger partial charge in [0.25, 0.3) is 0 Å². The van der Waals surface area contributed by atoms with Crippen LogP contribution in [0.1, 0.15) is 5.69 Å². The van der Waals surface area contributed by atoms with Crippen molar-refractivity contribution in [1.82, 2.24) is 4.98 Å². The van der Waals surface area contributed by atoms with Crippen LogP contribution in [0.3, 0.4) is 0 Å². The third-order valence-corrected chi connectivity index (χ3v) is 1.81. The number of fused-ring (bicyclic) bond motifs is 1. The molecule has 2 heteroatoms. The van der Waals surface area contributed by atoms with Gasteiger partial charge in [0.05, 0.1) is 5.52 Å². The normalized spacial score (nSPS) is 10.4. The lowest BCUT2D eigenvalue weighted by atomic mass is 10.2. The average Bonchev–Trinajstić information content (AvgIpc) is 2.04. The first-order valence-corrected chi connectivity index (χ1v) is 3.81. The lowest BCUT2D eigenvalue weighted by Gasteiger charge is -1.98. The number of rotatable bonds is 0. The maximum atomic E-state index is 11.4. The molecule has 0 aliphatic heterocycles. The van der Waals surface area contributed by atoms with E-state index in [9.17, 15) is 5.11 Å². The minimum absolute atomic E-state index is 0.0538. The van der Waals surface area contributed by atoms with Crippen LogP contribution in [0.25, 0.3) is 10.9 Å². The fraction of sp³-hybridized carbons (Fsp3) is 0.100. The molecule has 1 heterocycles. The van der Waals surface area contributed by atoms with E-state index < -0.39 is 0 Å². The predicted molar refractivity (Wildman–Crippen MR) is 46.6 cm³/mol. The van der Waals surface area contributed by atoms with Crippen molar-refractivity contribution in [3.05, 3.63) is 36.0 Å². The van der Waals surface area contributed by atoms with Crippen molar-refractivity contribution in [2.45, 2.75) is 6.92 Å². The second-order valence-electron chi connectivity index (χ2n) is 2.78. The van der Waals surface area contributed by atoms with Crippen LogP contribution >= 0.6 is 0 Å². The molecule has 0 saturated carbocycles. The van der Waals surface area contributed by atoms with E-state index in [0.29, 0.717) is 5.39 Å². The van der Waals surface area contributed by atoms with E-state index in [2.05, 4.69) is 4.98 Å². The first-order chi connectivity index (χ1) is 5.77. The van der Waals surface area contributed by atoms with Gasteiger partial charge < -0.3 is 0 Å². The van der Waals surface area contributed by atoms with Gasteiger partial charge in [0.2, 0.25) is 0 Å². The summed E-state index contributed by atoms with van der Waals surface area (Å²) in [5, 5.41) is 12.1. The summed E-state index contributed by atoms with van der Waals surface area (Å²) in [5.41, 5.74) is 1.56. The molecule has 0 saturated heterocycles. The van der Waals surface area contributed by atoms with Gasteiger partial charge >= 0.3 is 0 Å². The van der Waals surface area contributed by atoms with Crippen molar-refractivity contribution >= 4 is 10.9 Å². The standard InChI is InChI=1S/C10H8NO/c1-7-6-10(12)8-4-2-3-5-9(8)11-7/h2-6H,1H3. The van der Waals surface area contributed by atoms with Gasteiger partial charge in [-0.05, 0) is 19.1 Å². The number of benzene rings is 1. The van der Waals surface area contributed by atoms with Crippen LogP contribution in [-0.2, 0) is 5.11 Å². The smallest absolute Gasteiger partial charge is 0.189 e. The lowest BCUT2D eigenvalue weighted by molar-refractivity contribution is 0.359. The zero-order valence-electron chi connectivity index (χ0n) is 6.74. The molecule has 0 unspecified atom stereocenters. The van der Waals surface area contributed by atoms with Gasteiger partial charge in [-0.3, -0.25) is 10.1 Å². The van der Waals surface area contributed by atoms with Crippen molar-refractivity contribution in [3.63, 3.8) is 0 Å². The minimum atomic E-state index is 0.0538. The molecule has 2 nitrogen and oxygen atoms in total. The molecule has 0 bridgehead atoms. The number of nitrogens with zero attached hydrogens (tertiary/aromatic N) is 1. The number of para-hydroxylation sites is 1. The van der Waals surface area contributed by atoms with E-state index in [1.807, 2.05) is 25.1 Å². The summed E-state index contributed by atoms with van der Waals surface area (Å²) in [6.07, 6.45) is 0. The molecule has 0 spiro atoms. The highest BCUT2D eigenvalue weighted by Crippen LogP contribution is 2.23. The van der Waals surface area contributed by atoms with Crippen LogP contribution < -0.4 is 0 Å². The van der Waals surface area contributed by atoms with Gasteiger partial charge in [0.15, 0.2) is 5.75 Å². The first-order valence-electron chi connectivity index (χ1n) is 3.81. The Bertz CT molecular complexity index is 423. The highest BCUT2D eigenvalue weighted by molar-refractivity contribution is 5.84. The maximum absolute atomic E-state index is 11.4. The zero-order valence-corrected chi connectivity index (χ0v) is 6.74. The summed E-state index contributed by atoms with van der Waals surface area (Å²) in [6.45, 7) is 1.83. The Morgan fingerprint density at radius 2 is 2.00 bits per heavy atom. The van der Waals surface area contributed by atoms with E-state index in [4.69, 9.17) is 0 Å². The van der Waals surface area contributed by atoms with Gasteiger partial charge in [-0.25, -0.2) is 0 Å². The molecule has 1 aromatic heterocycles. The van der Waals surface area contributed by atoms with Crippen LogP contribution in [0.2, 0.25) is 0 Å². The zero-order chi connectivity index (χ0) is 8.55. The van der Waals surface area contributed by atoms with E-state index in [0.717, 1.165) is 11.2 Å².